The first-order chi connectivity index (χ1) is 14.9. The van der Waals surface area contributed by atoms with Crippen LogP contribution in [0.4, 0.5) is 0 Å². The largest absolute Gasteiger partial charge is 0.379 e. The third-order valence-corrected chi connectivity index (χ3v) is 8.27. The molecule has 1 aliphatic carbocycles. The first-order valence-corrected chi connectivity index (χ1v) is 13.9. The van der Waals surface area contributed by atoms with Crippen LogP contribution >= 0.6 is 0 Å². The third-order valence-electron chi connectivity index (χ3n) is 6.11. The van der Waals surface area contributed by atoms with Crippen molar-refractivity contribution < 1.29 is 25.6 Å². The molecule has 0 atom stereocenters. The zero-order valence-corrected chi connectivity index (χ0v) is 20.7. The van der Waals surface area contributed by atoms with Crippen LogP contribution < -0.4 is 4.18 Å². The van der Waals surface area contributed by atoms with E-state index >= 15 is 0 Å². The van der Waals surface area contributed by atoms with Gasteiger partial charge in [0.05, 0.1) is 4.90 Å². The van der Waals surface area contributed by atoms with Gasteiger partial charge in [-0.1, -0.05) is 59.1 Å². The number of hydrogen-bond acceptors (Lipinski definition) is 5. The standard InChI is InChI=1S/C24H32O6S2/c1-16(2)21-15-24(31(25,26)27)22(17(3)4)14-23(21)30-32(28,29)20-12-10-19(11-13-20)18-8-6-5-7-9-18/h10-18H,5-9H2,1-4H3,(H,25,26,27). The van der Waals surface area contributed by atoms with Gasteiger partial charge in [-0.3, -0.25) is 4.55 Å². The fourth-order valence-electron chi connectivity index (χ4n) is 4.30. The highest BCUT2D eigenvalue weighted by molar-refractivity contribution is 7.87. The number of rotatable bonds is 7. The van der Waals surface area contributed by atoms with Crippen LogP contribution in [0.3, 0.4) is 0 Å². The van der Waals surface area contributed by atoms with Crippen LogP contribution in [0, 0.1) is 0 Å². The van der Waals surface area contributed by atoms with Gasteiger partial charge in [0.15, 0.2) is 0 Å². The zero-order valence-electron chi connectivity index (χ0n) is 19.0. The van der Waals surface area contributed by atoms with Gasteiger partial charge in [0, 0.05) is 0 Å². The van der Waals surface area contributed by atoms with E-state index in [1.165, 1.54) is 31.4 Å². The summed E-state index contributed by atoms with van der Waals surface area (Å²) in [7, 11) is -8.59. The Morgan fingerprint density at radius 2 is 1.41 bits per heavy atom. The quantitative estimate of drug-likeness (QED) is 0.386. The van der Waals surface area contributed by atoms with Crippen molar-refractivity contribution in [1.82, 2.24) is 0 Å². The normalized spacial score (nSPS) is 16.0. The Bertz CT molecular complexity index is 1160. The molecule has 0 unspecified atom stereocenters. The molecule has 32 heavy (non-hydrogen) atoms. The molecule has 0 aromatic heterocycles. The Kier molecular flexibility index (Phi) is 7.37. The van der Waals surface area contributed by atoms with Crippen LogP contribution in [0.25, 0.3) is 0 Å². The van der Waals surface area contributed by atoms with Gasteiger partial charge in [-0.2, -0.15) is 16.8 Å². The van der Waals surface area contributed by atoms with E-state index in [2.05, 4.69) is 0 Å². The fraction of sp³-hybridized carbons (Fsp3) is 0.500. The summed E-state index contributed by atoms with van der Waals surface area (Å²) in [4.78, 5) is -0.172. The minimum atomic E-state index is -4.47. The molecular formula is C24H32O6S2. The Hall–Kier alpha value is -1.90. The average Bonchev–Trinajstić information content (AvgIpc) is 2.73. The van der Waals surface area contributed by atoms with Crippen LogP contribution in [-0.2, 0) is 20.2 Å². The summed E-state index contributed by atoms with van der Waals surface area (Å²) in [6, 6.07) is 9.59. The summed E-state index contributed by atoms with van der Waals surface area (Å²) in [6.07, 6.45) is 5.90. The molecule has 1 saturated carbocycles. The van der Waals surface area contributed by atoms with Gasteiger partial charge in [0.2, 0.25) is 0 Å². The van der Waals surface area contributed by atoms with E-state index in [9.17, 15) is 21.4 Å². The van der Waals surface area contributed by atoms with Gasteiger partial charge < -0.3 is 4.18 Å². The predicted octanol–water partition coefficient (Wildman–Crippen LogP) is 6.00. The van der Waals surface area contributed by atoms with E-state index in [0.29, 0.717) is 17.0 Å². The molecule has 0 bridgehead atoms. The highest BCUT2D eigenvalue weighted by Crippen LogP contribution is 2.37. The second kappa shape index (κ2) is 9.53. The second-order valence-corrected chi connectivity index (χ2v) is 12.1. The van der Waals surface area contributed by atoms with E-state index in [1.807, 2.05) is 12.1 Å². The molecule has 3 rings (SSSR count). The lowest BCUT2D eigenvalue weighted by atomic mass is 9.84. The van der Waals surface area contributed by atoms with Crippen LogP contribution in [-0.4, -0.2) is 21.4 Å². The second-order valence-electron chi connectivity index (χ2n) is 9.15. The fourth-order valence-corrected chi connectivity index (χ4v) is 6.11. The maximum absolute atomic E-state index is 13.0. The lowest BCUT2D eigenvalue weighted by molar-refractivity contribution is 0.443. The Morgan fingerprint density at radius 3 is 1.91 bits per heavy atom. The van der Waals surface area contributed by atoms with Crippen molar-refractivity contribution in [2.24, 2.45) is 0 Å². The molecule has 2 aromatic rings. The topological polar surface area (TPSA) is 97.7 Å². The van der Waals surface area contributed by atoms with Gasteiger partial charge in [-0.15, -0.1) is 0 Å². The van der Waals surface area contributed by atoms with E-state index in [-0.39, 0.29) is 27.4 Å². The minimum absolute atomic E-state index is 0.0525. The summed E-state index contributed by atoms with van der Waals surface area (Å²) in [5.41, 5.74) is 1.84. The third kappa shape index (κ3) is 5.53. The molecule has 1 N–H and O–H groups in total. The lowest BCUT2D eigenvalue weighted by Gasteiger charge is -2.22. The molecule has 1 aliphatic rings. The Morgan fingerprint density at radius 1 is 0.844 bits per heavy atom. The van der Waals surface area contributed by atoms with Crippen molar-refractivity contribution in [3.8, 4) is 5.75 Å². The van der Waals surface area contributed by atoms with Crippen LogP contribution in [0.15, 0.2) is 46.2 Å². The van der Waals surface area contributed by atoms with Crippen LogP contribution in [0.5, 0.6) is 5.75 Å². The minimum Gasteiger partial charge on any atom is -0.379 e. The SMILES string of the molecule is CC(C)c1cc(S(=O)(=O)O)c(C(C)C)cc1OS(=O)(=O)c1ccc(C2CCCCC2)cc1. The highest BCUT2D eigenvalue weighted by atomic mass is 32.2. The van der Waals surface area contributed by atoms with E-state index in [0.717, 1.165) is 18.4 Å². The summed E-state index contributed by atoms with van der Waals surface area (Å²) in [5.74, 6) is 0.0477. The predicted molar refractivity (Wildman–Crippen MR) is 125 cm³/mol. The highest BCUT2D eigenvalue weighted by Gasteiger charge is 2.26. The summed E-state index contributed by atoms with van der Waals surface area (Å²) >= 11 is 0. The average molecular weight is 481 g/mol. The molecule has 176 valence electrons. The molecule has 0 amide bonds. The van der Waals surface area contributed by atoms with Gasteiger partial charge in [0.25, 0.3) is 10.1 Å². The maximum Gasteiger partial charge on any atom is 0.339 e. The summed E-state index contributed by atoms with van der Waals surface area (Å²) < 4.78 is 65.1. The van der Waals surface area contributed by atoms with Crippen molar-refractivity contribution in [2.45, 2.75) is 87.3 Å². The molecule has 0 heterocycles. The molecule has 1 fully saturated rings. The van der Waals surface area contributed by atoms with Crippen molar-refractivity contribution in [2.75, 3.05) is 0 Å². The first kappa shape index (κ1) is 24.7. The van der Waals surface area contributed by atoms with Crippen LogP contribution in [0.1, 0.15) is 94.2 Å². The molecule has 0 radical (unpaired) electrons. The summed E-state index contributed by atoms with van der Waals surface area (Å²) in [5, 5.41) is 0. The van der Waals surface area contributed by atoms with Gasteiger partial charge in [-0.05, 0) is 71.6 Å². The Labute approximate surface area is 191 Å². The molecular weight excluding hydrogens is 448 g/mol. The van der Waals surface area contributed by atoms with Gasteiger partial charge in [-0.25, -0.2) is 0 Å². The summed E-state index contributed by atoms with van der Waals surface area (Å²) in [6.45, 7) is 7.13. The molecule has 8 heteroatoms. The number of hydrogen-bond donors (Lipinski definition) is 1. The van der Waals surface area contributed by atoms with E-state index in [4.69, 9.17) is 4.18 Å². The van der Waals surface area contributed by atoms with Crippen molar-refractivity contribution in [1.29, 1.82) is 0 Å². The maximum atomic E-state index is 13.0. The monoisotopic (exact) mass is 480 g/mol. The number of benzene rings is 2. The van der Waals surface area contributed by atoms with E-state index < -0.39 is 20.2 Å². The van der Waals surface area contributed by atoms with Crippen LogP contribution in [0.2, 0.25) is 0 Å². The smallest absolute Gasteiger partial charge is 0.339 e. The van der Waals surface area contributed by atoms with Crippen molar-refractivity contribution in [3.05, 3.63) is 53.1 Å². The molecule has 0 aliphatic heterocycles. The first-order valence-electron chi connectivity index (χ1n) is 11.1. The van der Waals surface area contributed by atoms with Gasteiger partial charge in [0.1, 0.15) is 10.6 Å². The molecule has 6 nitrogen and oxygen atoms in total. The Balaban J connectivity index is 1.98. The lowest BCUT2D eigenvalue weighted by Crippen LogP contribution is -2.14. The molecule has 0 saturated heterocycles. The zero-order chi connectivity index (χ0) is 23.7. The molecule has 2 aromatic carbocycles. The van der Waals surface area contributed by atoms with Gasteiger partial charge >= 0.3 is 10.1 Å². The van der Waals surface area contributed by atoms with E-state index in [1.54, 1.807) is 39.8 Å². The van der Waals surface area contributed by atoms with Crippen molar-refractivity contribution in [3.63, 3.8) is 0 Å². The molecule has 0 spiro atoms. The van der Waals surface area contributed by atoms with Crippen molar-refractivity contribution >= 4 is 20.2 Å².